The Morgan fingerprint density at radius 2 is 2.05 bits per heavy atom. The lowest BCUT2D eigenvalue weighted by Gasteiger charge is -2.19. The molecule has 21 heavy (non-hydrogen) atoms. The second-order valence-corrected chi connectivity index (χ2v) is 5.33. The van der Waals surface area contributed by atoms with Gasteiger partial charge in [-0.3, -0.25) is 4.79 Å². The summed E-state index contributed by atoms with van der Waals surface area (Å²) in [5, 5.41) is 12.8. The third-order valence-corrected chi connectivity index (χ3v) is 3.73. The van der Waals surface area contributed by atoms with E-state index < -0.39 is 12.0 Å². The van der Waals surface area contributed by atoms with Crippen molar-refractivity contribution in [1.29, 1.82) is 0 Å². The van der Waals surface area contributed by atoms with Gasteiger partial charge in [-0.15, -0.1) is 0 Å². The Morgan fingerprint density at radius 1 is 1.33 bits per heavy atom. The van der Waals surface area contributed by atoms with Gasteiger partial charge in [-0.05, 0) is 23.4 Å². The molecule has 0 fully saturated rings. The molecular weight excluding hydrogens is 268 g/mol. The standard InChI is InChI=1S/C16H20N2O3/c1-3-10(2)15(16(20)21)18-14(19)9-12-8-11-6-4-5-7-13(11)17-12/h4-8,10,15,17H,3,9H2,1-2H3,(H,18,19)(H,20,21)/t10-,15-/m0/s1. The van der Waals surface area contributed by atoms with Gasteiger partial charge in [0.25, 0.3) is 0 Å². The van der Waals surface area contributed by atoms with Crippen LogP contribution in [0.3, 0.4) is 0 Å². The molecule has 0 radical (unpaired) electrons. The summed E-state index contributed by atoms with van der Waals surface area (Å²) < 4.78 is 0. The average molecular weight is 288 g/mol. The summed E-state index contributed by atoms with van der Waals surface area (Å²) in [7, 11) is 0. The van der Waals surface area contributed by atoms with Crippen molar-refractivity contribution in [3.8, 4) is 0 Å². The zero-order valence-corrected chi connectivity index (χ0v) is 12.2. The first kappa shape index (κ1) is 15.1. The Labute approximate surface area is 123 Å². The van der Waals surface area contributed by atoms with Crippen molar-refractivity contribution >= 4 is 22.8 Å². The molecule has 1 heterocycles. The number of para-hydroxylation sites is 1. The van der Waals surface area contributed by atoms with Crippen LogP contribution in [-0.4, -0.2) is 28.0 Å². The molecule has 1 aromatic heterocycles. The zero-order chi connectivity index (χ0) is 15.4. The molecular formula is C16H20N2O3. The molecule has 2 atom stereocenters. The Kier molecular flexibility index (Phi) is 4.62. The first-order valence-electron chi connectivity index (χ1n) is 7.10. The molecule has 0 unspecified atom stereocenters. The van der Waals surface area contributed by atoms with E-state index in [1.165, 1.54) is 0 Å². The summed E-state index contributed by atoms with van der Waals surface area (Å²) in [6, 6.07) is 8.83. The van der Waals surface area contributed by atoms with Crippen LogP contribution in [0.25, 0.3) is 10.9 Å². The molecule has 2 rings (SSSR count). The molecule has 0 aliphatic heterocycles. The lowest BCUT2D eigenvalue weighted by molar-refractivity contribution is -0.143. The number of aromatic amines is 1. The van der Waals surface area contributed by atoms with Crippen LogP contribution in [0, 0.1) is 5.92 Å². The largest absolute Gasteiger partial charge is 0.480 e. The Balaban J connectivity index is 2.05. The molecule has 3 N–H and O–H groups in total. The fourth-order valence-electron chi connectivity index (χ4n) is 2.31. The van der Waals surface area contributed by atoms with Gasteiger partial charge in [-0.2, -0.15) is 0 Å². The quantitative estimate of drug-likeness (QED) is 0.763. The van der Waals surface area contributed by atoms with E-state index in [4.69, 9.17) is 0 Å². The third-order valence-electron chi connectivity index (χ3n) is 3.73. The van der Waals surface area contributed by atoms with E-state index in [0.29, 0.717) is 6.42 Å². The van der Waals surface area contributed by atoms with Crippen LogP contribution < -0.4 is 5.32 Å². The number of carboxylic acid groups (broad SMARTS) is 1. The summed E-state index contributed by atoms with van der Waals surface area (Å²) in [5.41, 5.74) is 1.75. The Morgan fingerprint density at radius 3 is 2.67 bits per heavy atom. The molecule has 2 aromatic rings. The van der Waals surface area contributed by atoms with Crippen LogP contribution in [0.5, 0.6) is 0 Å². The van der Waals surface area contributed by atoms with Gasteiger partial charge >= 0.3 is 5.97 Å². The number of carbonyl (C=O) groups excluding carboxylic acids is 1. The van der Waals surface area contributed by atoms with Gasteiger partial charge in [0, 0.05) is 11.2 Å². The number of fused-ring (bicyclic) bond motifs is 1. The van der Waals surface area contributed by atoms with E-state index in [1.54, 1.807) is 0 Å². The minimum Gasteiger partial charge on any atom is -0.480 e. The Bertz CT molecular complexity index is 615. The topological polar surface area (TPSA) is 82.2 Å². The number of amides is 1. The van der Waals surface area contributed by atoms with Gasteiger partial charge in [-0.1, -0.05) is 38.5 Å². The van der Waals surface area contributed by atoms with Crippen LogP contribution >= 0.6 is 0 Å². The summed E-state index contributed by atoms with van der Waals surface area (Å²) in [6.45, 7) is 3.73. The number of nitrogens with one attached hydrogen (secondary N) is 2. The number of carbonyl (C=O) groups is 2. The summed E-state index contributed by atoms with van der Waals surface area (Å²) in [5.74, 6) is -1.38. The van der Waals surface area contributed by atoms with Crippen molar-refractivity contribution in [3.63, 3.8) is 0 Å². The van der Waals surface area contributed by atoms with E-state index in [1.807, 2.05) is 44.2 Å². The fourth-order valence-corrected chi connectivity index (χ4v) is 2.31. The van der Waals surface area contributed by atoms with Crippen LogP contribution in [0.2, 0.25) is 0 Å². The normalized spacial score (nSPS) is 13.8. The maximum Gasteiger partial charge on any atom is 0.326 e. The van der Waals surface area contributed by atoms with Crippen LogP contribution in [0.1, 0.15) is 26.0 Å². The maximum absolute atomic E-state index is 12.0. The third kappa shape index (κ3) is 3.62. The minimum atomic E-state index is -0.991. The fraction of sp³-hybridized carbons (Fsp3) is 0.375. The van der Waals surface area contributed by atoms with Crippen LogP contribution in [0.15, 0.2) is 30.3 Å². The van der Waals surface area contributed by atoms with E-state index in [2.05, 4.69) is 10.3 Å². The minimum absolute atomic E-state index is 0.103. The van der Waals surface area contributed by atoms with Crippen molar-refractivity contribution in [2.75, 3.05) is 0 Å². The number of rotatable bonds is 6. The number of benzene rings is 1. The van der Waals surface area contributed by atoms with Crippen molar-refractivity contribution in [2.45, 2.75) is 32.7 Å². The summed E-state index contributed by atoms with van der Waals surface area (Å²) in [4.78, 5) is 26.4. The highest BCUT2D eigenvalue weighted by molar-refractivity contribution is 5.87. The number of hydrogen-bond acceptors (Lipinski definition) is 2. The molecule has 0 aliphatic rings. The molecule has 0 bridgehead atoms. The second kappa shape index (κ2) is 6.43. The monoisotopic (exact) mass is 288 g/mol. The lowest BCUT2D eigenvalue weighted by atomic mass is 9.99. The number of carboxylic acids is 1. The van der Waals surface area contributed by atoms with E-state index >= 15 is 0 Å². The van der Waals surface area contributed by atoms with Gasteiger partial charge in [-0.25, -0.2) is 4.79 Å². The number of aromatic nitrogens is 1. The second-order valence-electron chi connectivity index (χ2n) is 5.33. The van der Waals surface area contributed by atoms with Gasteiger partial charge in [0.2, 0.25) is 5.91 Å². The molecule has 5 heteroatoms. The molecule has 0 saturated heterocycles. The highest BCUT2D eigenvalue weighted by Gasteiger charge is 2.25. The SMILES string of the molecule is CC[C@H](C)[C@H](NC(=O)Cc1cc2ccccc2[nH]1)C(=O)O. The predicted octanol–water partition coefficient (Wildman–Crippen LogP) is 2.33. The smallest absolute Gasteiger partial charge is 0.326 e. The first-order valence-corrected chi connectivity index (χ1v) is 7.10. The lowest BCUT2D eigenvalue weighted by Crippen LogP contribution is -2.45. The van der Waals surface area contributed by atoms with Gasteiger partial charge in [0.1, 0.15) is 6.04 Å². The van der Waals surface area contributed by atoms with Gasteiger partial charge in [0.15, 0.2) is 0 Å². The van der Waals surface area contributed by atoms with Crippen molar-refractivity contribution in [1.82, 2.24) is 10.3 Å². The van der Waals surface area contributed by atoms with Gasteiger partial charge in [0.05, 0.1) is 6.42 Å². The van der Waals surface area contributed by atoms with Crippen molar-refractivity contribution in [2.24, 2.45) is 5.92 Å². The zero-order valence-electron chi connectivity index (χ0n) is 12.2. The molecule has 0 aliphatic carbocycles. The predicted molar refractivity (Wildman–Crippen MR) is 81.0 cm³/mol. The van der Waals surface area contributed by atoms with Crippen LogP contribution in [-0.2, 0) is 16.0 Å². The Hall–Kier alpha value is -2.30. The summed E-state index contributed by atoms with van der Waals surface area (Å²) >= 11 is 0. The molecule has 5 nitrogen and oxygen atoms in total. The van der Waals surface area contributed by atoms with E-state index in [0.717, 1.165) is 16.6 Å². The highest BCUT2D eigenvalue weighted by atomic mass is 16.4. The molecule has 112 valence electrons. The molecule has 1 aromatic carbocycles. The molecule has 0 saturated carbocycles. The number of H-pyrrole nitrogens is 1. The van der Waals surface area contributed by atoms with E-state index in [-0.39, 0.29) is 18.2 Å². The molecule has 1 amide bonds. The first-order chi connectivity index (χ1) is 10.0. The van der Waals surface area contributed by atoms with Crippen molar-refractivity contribution < 1.29 is 14.7 Å². The molecule has 0 spiro atoms. The van der Waals surface area contributed by atoms with Crippen molar-refractivity contribution in [3.05, 3.63) is 36.0 Å². The summed E-state index contributed by atoms with van der Waals surface area (Å²) in [6.07, 6.45) is 0.846. The highest BCUT2D eigenvalue weighted by Crippen LogP contribution is 2.15. The van der Waals surface area contributed by atoms with Gasteiger partial charge < -0.3 is 15.4 Å². The van der Waals surface area contributed by atoms with Crippen LogP contribution in [0.4, 0.5) is 0 Å². The number of aliphatic carboxylic acids is 1. The van der Waals surface area contributed by atoms with E-state index in [9.17, 15) is 14.7 Å². The average Bonchev–Trinajstić information content (AvgIpc) is 2.85. The maximum atomic E-state index is 12.0. The number of hydrogen-bond donors (Lipinski definition) is 3.